The normalized spacial score (nSPS) is 17.2. The van der Waals surface area contributed by atoms with Crippen LogP contribution in [0.4, 0.5) is 17.1 Å². The van der Waals surface area contributed by atoms with E-state index in [-0.39, 0.29) is 18.3 Å². The quantitative estimate of drug-likeness (QED) is 0.607. The first-order valence-electron chi connectivity index (χ1n) is 10.6. The number of nitrogens with one attached hydrogen (secondary N) is 2. The van der Waals surface area contributed by atoms with Gasteiger partial charge in [-0.3, -0.25) is 9.69 Å². The van der Waals surface area contributed by atoms with Crippen molar-refractivity contribution in [3.8, 4) is 5.75 Å². The predicted octanol–water partition coefficient (Wildman–Crippen LogP) is 2.60. The minimum Gasteiger partial charge on any atom is -0.497 e. The van der Waals surface area contributed by atoms with E-state index in [4.69, 9.17) is 4.74 Å². The van der Waals surface area contributed by atoms with Crippen molar-refractivity contribution in [3.05, 3.63) is 48.0 Å². The fraction of sp³-hybridized carbons (Fsp3) is 0.435. The third kappa shape index (κ3) is 5.81. The lowest BCUT2D eigenvalue weighted by Crippen LogP contribution is -2.49. The molecule has 0 spiro atoms. The molecule has 0 radical (unpaired) electrons. The molecule has 0 saturated carbocycles. The lowest BCUT2D eigenvalue weighted by atomic mass is 10.00. The molecule has 2 aromatic rings. The molecule has 0 aromatic heterocycles. The molecule has 168 valence electrons. The van der Waals surface area contributed by atoms with E-state index in [1.54, 1.807) is 7.11 Å². The van der Waals surface area contributed by atoms with E-state index >= 15 is 0 Å². The molecule has 2 aliphatic heterocycles. The van der Waals surface area contributed by atoms with Gasteiger partial charge >= 0.3 is 0 Å². The van der Waals surface area contributed by atoms with E-state index in [1.807, 2.05) is 36.4 Å². The number of aliphatic hydroxyl groups is 1. The number of benzene rings is 2. The Hall–Kier alpha value is -2.48. The summed E-state index contributed by atoms with van der Waals surface area (Å²) in [6.45, 7) is 4.83. The van der Waals surface area contributed by atoms with Gasteiger partial charge in [0.2, 0.25) is 5.91 Å². The van der Waals surface area contributed by atoms with Gasteiger partial charge in [-0.2, -0.15) is 0 Å². The summed E-state index contributed by atoms with van der Waals surface area (Å²) in [5.41, 5.74) is 4.40. The number of fused-ring (bicyclic) bond motifs is 1. The molecule has 7 nitrogen and oxygen atoms in total. The van der Waals surface area contributed by atoms with Crippen LogP contribution >= 0.6 is 12.4 Å². The first-order valence-corrected chi connectivity index (χ1v) is 10.6. The van der Waals surface area contributed by atoms with Gasteiger partial charge in [0.05, 0.1) is 13.2 Å². The van der Waals surface area contributed by atoms with Crippen LogP contribution in [0.5, 0.6) is 5.75 Å². The number of piperazine rings is 1. The Labute approximate surface area is 189 Å². The molecule has 0 aliphatic carbocycles. The maximum atomic E-state index is 11.7. The lowest BCUT2D eigenvalue weighted by Gasteiger charge is -2.38. The van der Waals surface area contributed by atoms with Gasteiger partial charge in [0.25, 0.3) is 0 Å². The summed E-state index contributed by atoms with van der Waals surface area (Å²) in [7, 11) is 1.65. The van der Waals surface area contributed by atoms with Crippen LogP contribution in [-0.4, -0.2) is 68.4 Å². The van der Waals surface area contributed by atoms with E-state index in [1.165, 1.54) is 11.3 Å². The predicted molar refractivity (Wildman–Crippen MR) is 127 cm³/mol. The Morgan fingerprint density at radius 2 is 1.84 bits per heavy atom. The van der Waals surface area contributed by atoms with Gasteiger partial charge in [-0.1, -0.05) is 6.07 Å². The first-order chi connectivity index (χ1) is 14.6. The molecule has 2 aromatic carbocycles. The third-order valence-electron chi connectivity index (χ3n) is 5.84. The van der Waals surface area contributed by atoms with Crippen molar-refractivity contribution in [2.75, 3.05) is 61.9 Å². The largest absolute Gasteiger partial charge is 0.497 e. The number of β-amino-alcohol motifs (C(OH)–C–C–N with tert-alkyl or cyclic N) is 1. The minimum absolute atomic E-state index is 0. The summed E-state index contributed by atoms with van der Waals surface area (Å²) in [6.07, 6.45) is 0.920. The fourth-order valence-corrected chi connectivity index (χ4v) is 4.18. The zero-order valence-corrected chi connectivity index (χ0v) is 18.7. The van der Waals surface area contributed by atoms with E-state index in [0.717, 1.165) is 49.7 Å². The number of carbonyl (C=O) groups is 1. The molecule has 1 fully saturated rings. The summed E-state index contributed by atoms with van der Waals surface area (Å²) >= 11 is 0. The number of ether oxygens (including phenoxy) is 1. The molecule has 0 bridgehead atoms. The lowest BCUT2D eigenvalue weighted by molar-refractivity contribution is -0.116. The Kier molecular flexibility index (Phi) is 8.01. The number of rotatable bonds is 7. The fourth-order valence-electron chi connectivity index (χ4n) is 4.18. The Morgan fingerprint density at radius 3 is 2.55 bits per heavy atom. The maximum Gasteiger partial charge on any atom is 0.224 e. The second-order valence-electron chi connectivity index (χ2n) is 7.90. The van der Waals surface area contributed by atoms with Crippen LogP contribution in [0.3, 0.4) is 0 Å². The smallest absolute Gasteiger partial charge is 0.224 e. The number of hydrogen-bond donors (Lipinski definition) is 3. The number of carbonyl (C=O) groups excluding carboxylic acids is 1. The van der Waals surface area contributed by atoms with Gasteiger partial charge in [-0.15, -0.1) is 12.4 Å². The molecular formula is C23H31ClN4O3. The number of aliphatic hydroxyl groups excluding tert-OH is 1. The SMILES string of the molecule is COc1ccc(NCC(O)CN2CCN(c3cccc4c3CCC(=O)N4)CC2)cc1.Cl. The number of nitrogens with zero attached hydrogens (tertiary/aromatic N) is 2. The van der Waals surface area contributed by atoms with Crippen molar-refractivity contribution in [2.45, 2.75) is 18.9 Å². The average Bonchev–Trinajstić information content (AvgIpc) is 2.78. The second-order valence-corrected chi connectivity index (χ2v) is 7.90. The van der Waals surface area contributed by atoms with Gasteiger partial charge in [-0.05, 0) is 48.4 Å². The topological polar surface area (TPSA) is 77.1 Å². The highest BCUT2D eigenvalue weighted by Gasteiger charge is 2.24. The molecule has 3 N–H and O–H groups in total. The van der Waals surface area contributed by atoms with E-state index in [9.17, 15) is 9.90 Å². The number of amides is 1. The number of halogens is 1. The summed E-state index contributed by atoms with van der Waals surface area (Å²) in [4.78, 5) is 16.4. The van der Waals surface area contributed by atoms with Crippen LogP contribution in [0.1, 0.15) is 12.0 Å². The standard InChI is InChI=1S/C23H30N4O3.ClH/c1-30-19-7-5-17(6-8-19)24-15-18(28)16-26-11-13-27(14-12-26)22-4-2-3-21-20(22)9-10-23(29)25-21;/h2-8,18,24,28H,9-16H2,1H3,(H,25,29);1H. The molecule has 8 heteroatoms. The van der Waals surface area contributed by atoms with Crippen LogP contribution in [0, 0.1) is 0 Å². The molecule has 1 unspecified atom stereocenters. The monoisotopic (exact) mass is 446 g/mol. The average molecular weight is 447 g/mol. The highest BCUT2D eigenvalue weighted by molar-refractivity contribution is 5.95. The number of hydrogen-bond acceptors (Lipinski definition) is 6. The summed E-state index contributed by atoms with van der Waals surface area (Å²) in [5.74, 6) is 0.919. The van der Waals surface area contributed by atoms with Gasteiger partial charge in [0.1, 0.15) is 5.75 Å². The first kappa shape index (κ1) is 23.2. The van der Waals surface area contributed by atoms with Crippen LogP contribution in [0.2, 0.25) is 0 Å². The Bertz CT molecular complexity index is 870. The van der Waals surface area contributed by atoms with Gasteiger partial charge in [0, 0.05) is 62.8 Å². The Morgan fingerprint density at radius 1 is 1.10 bits per heavy atom. The minimum atomic E-state index is -0.432. The highest BCUT2D eigenvalue weighted by Crippen LogP contribution is 2.32. The van der Waals surface area contributed by atoms with Gasteiger partial charge in [-0.25, -0.2) is 0 Å². The van der Waals surface area contributed by atoms with Crippen LogP contribution < -0.4 is 20.3 Å². The second kappa shape index (κ2) is 10.7. The molecule has 1 saturated heterocycles. The number of methoxy groups -OCH3 is 1. The summed E-state index contributed by atoms with van der Waals surface area (Å²) < 4.78 is 5.17. The van der Waals surface area contributed by atoms with Crippen LogP contribution in [0.25, 0.3) is 0 Å². The third-order valence-corrected chi connectivity index (χ3v) is 5.84. The van der Waals surface area contributed by atoms with Crippen LogP contribution in [0.15, 0.2) is 42.5 Å². The molecular weight excluding hydrogens is 416 g/mol. The van der Waals surface area contributed by atoms with Crippen molar-refractivity contribution in [1.29, 1.82) is 0 Å². The summed E-state index contributed by atoms with van der Waals surface area (Å²) in [5, 5.41) is 16.7. The molecule has 4 rings (SSSR count). The van der Waals surface area contributed by atoms with E-state index in [0.29, 0.717) is 19.5 Å². The molecule has 31 heavy (non-hydrogen) atoms. The maximum absolute atomic E-state index is 11.7. The van der Waals surface area contributed by atoms with Crippen molar-refractivity contribution >= 4 is 35.4 Å². The van der Waals surface area contributed by atoms with E-state index < -0.39 is 6.10 Å². The Balaban J connectivity index is 0.00000272. The van der Waals surface area contributed by atoms with Crippen molar-refractivity contribution < 1.29 is 14.6 Å². The zero-order valence-electron chi connectivity index (χ0n) is 17.8. The van der Waals surface area contributed by atoms with Gasteiger partial charge in [0.15, 0.2) is 0 Å². The number of anilines is 3. The molecule has 1 amide bonds. The zero-order chi connectivity index (χ0) is 20.9. The van der Waals surface area contributed by atoms with Crippen LogP contribution in [-0.2, 0) is 11.2 Å². The van der Waals surface area contributed by atoms with Crippen molar-refractivity contribution in [2.24, 2.45) is 0 Å². The van der Waals surface area contributed by atoms with Crippen molar-refractivity contribution in [3.63, 3.8) is 0 Å². The van der Waals surface area contributed by atoms with Gasteiger partial charge < -0.3 is 25.4 Å². The molecule has 2 heterocycles. The van der Waals surface area contributed by atoms with Crippen molar-refractivity contribution in [1.82, 2.24) is 4.90 Å². The highest BCUT2D eigenvalue weighted by atomic mass is 35.5. The molecule has 2 aliphatic rings. The van der Waals surface area contributed by atoms with E-state index in [2.05, 4.69) is 26.5 Å². The molecule has 1 atom stereocenters. The summed E-state index contributed by atoms with van der Waals surface area (Å²) in [6, 6.07) is 13.9.